The van der Waals surface area contributed by atoms with Gasteiger partial charge in [-0.05, 0) is 43.2 Å². The van der Waals surface area contributed by atoms with Crippen molar-refractivity contribution in [3.63, 3.8) is 0 Å². The van der Waals surface area contributed by atoms with E-state index in [1.807, 2.05) is 48.0 Å². The Balaban J connectivity index is 2.03. The summed E-state index contributed by atoms with van der Waals surface area (Å²) >= 11 is 1.49. The van der Waals surface area contributed by atoms with E-state index in [2.05, 4.69) is 11.4 Å². The predicted molar refractivity (Wildman–Crippen MR) is 85.3 cm³/mol. The van der Waals surface area contributed by atoms with E-state index >= 15 is 0 Å². The number of hydrogen-bond donors (Lipinski definition) is 1. The molecule has 0 saturated carbocycles. The Labute approximate surface area is 129 Å². The Morgan fingerprint density at radius 1 is 1.33 bits per heavy atom. The summed E-state index contributed by atoms with van der Waals surface area (Å²) in [6.07, 6.45) is 1.34. The van der Waals surface area contributed by atoms with E-state index < -0.39 is 5.54 Å². The summed E-state index contributed by atoms with van der Waals surface area (Å²) < 4.78 is 0. The molecule has 0 spiro atoms. The van der Waals surface area contributed by atoms with Crippen molar-refractivity contribution in [1.82, 2.24) is 5.32 Å². The molecule has 1 atom stereocenters. The Morgan fingerprint density at radius 2 is 2.05 bits per heavy atom. The van der Waals surface area contributed by atoms with E-state index in [0.29, 0.717) is 12.0 Å². The number of amides is 1. The normalized spacial score (nSPS) is 13.2. The molecule has 1 aromatic heterocycles. The number of nitrogens with zero attached hydrogens (tertiary/aromatic N) is 1. The van der Waals surface area contributed by atoms with Crippen LogP contribution in [0, 0.1) is 18.3 Å². The van der Waals surface area contributed by atoms with Gasteiger partial charge in [-0.2, -0.15) is 16.6 Å². The topological polar surface area (TPSA) is 52.9 Å². The zero-order valence-corrected chi connectivity index (χ0v) is 13.0. The molecule has 0 bridgehead atoms. The largest absolute Gasteiger partial charge is 0.334 e. The van der Waals surface area contributed by atoms with Gasteiger partial charge in [-0.3, -0.25) is 4.79 Å². The van der Waals surface area contributed by atoms with Crippen molar-refractivity contribution in [3.05, 3.63) is 57.8 Å². The van der Waals surface area contributed by atoms with Gasteiger partial charge in [-0.1, -0.05) is 30.3 Å². The summed E-state index contributed by atoms with van der Waals surface area (Å²) in [7, 11) is 0. The van der Waals surface area contributed by atoms with Crippen LogP contribution in [0.15, 0.2) is 41.1 Å². The Morgan fingerprint density at radius 3 is 2.62 bits per heavy atom. The minimum Gasteiger partial charge on any atom is -0.334 e. The second-order valence-corrected chi connectivity index (χ2v) is 6.10. The molecule has 108 valence electrons. The van der Waals surface area contributed by atoms with Crippen molar-refractivity contribution in [2.24, 2.45) is 0 Å². The van der Waals surface area contributed by atoms with Gasteiger partial charge in [0.05, 0.1) is 11.6 Å². The number of nitrogens with one attached hydrogen (secondary N) is 1. The van der Waals surface area contributed by atoms with Crippen molar-refractivity contribution in [2.75, 3.05) is 0 Å². The fourth-order valence-electron chi connectivity index (χ4n) is 2.10. The average Bonchev–Trinajstić information content (AvgIpc) is 2.92. The maximum atomic E-state index is 12.3. The van der Waals surface area contributed by atoms with Gasteiger partial charge in [0.2, 0.25) is 0 Å². The summed E-state index contributed by atoms with van der Waals surface area (Å²) in [4.78, 5) is 12.3. The fourth-order valence-corrected chi connectivity index (χ4v) is 2.92. The van der Waals surface area contributed by atoms with E-state index in [1.165, 1.54) is 16.9 Å². The smallest absolute Gasteiger partial charge is 0.253 e. The molecule has 0 saturated heterocycles. The second-order valence-electron chi connectivity index (χ2n) is 5.35. The summed E-state index contributed by atoms with van der Waals surface area (Å²) in [6, 6.07) is 12.2. The molecule has 21 heavy (non-hydrogen) atoms. The van der Waals surface area contributed by atoms with Gasteiger partial charge in [0, 0.05) is 5.38 Å². The third kappa shape index (κ3) is 3.93. The third-order valence-electron chi connectivity index (χ3n) is 3.49. The van der Waals surface area contributed by atoms with E-state index in [9.17, 15) is 10.1 Å². The first-order valence-corrected chi connectivity index (χ1v) is 7.79. The van der Waals surface area contributed by atoms with Crippen LogP contribution >= 0.6 is 11.3 Å². The maximum Gasteiger partial charge on any atom is 0.253 e. The Hall–Kier alpha value is -2.12. The molecule has 2 aromatic rings. The first-order chi connectivity index (χ1) is 10.0. The Bertz CT molecular complexity index is 657. The van der Waals surface area contributed by atoms with Crippen molar-refractivity contribution in [1.29, 1.82) is 5.26 Å². The summed E-state index contributed by atoms with van der Waals surface area (Å²) in [5, 5.41) is 16.0. The lowest BCUT2D eigenvalue weighted by Crippen LogP contribution is -2.45. The van der Waals surface area contributed by atoms with Crippen LogP contribution in [-0.2, 0) is 6.42 Å². The first kappa shape index (κ1) is 15.3. The van der Waals surface area contributed by atoms with Crippen molar-refractivity contribution >= 4 is 17.2 Å². The molecular weight excluding hydrogens is 280 g/mol. The van der Waals surface area contributed by atoms with Crippen LogP contribution in [0.2, 0.25) is 0 Å². The van der Waals surface area contributed by atoms with E-state index in [4.69, 9.17) is 0 Å². The SMILES string of the molecule is Cc1cscc1C(=O)NC(C)(C#N)CCc1ccccc1. The van der Waals surface area contributed by atoms with Crippen LogP contribution in [0.25, 0.3) is 0 Å². The highest BCUT2D eigenvalue weighted by Crippen LogP contribution is 2.18. The number of carbonyl (C=O) groups excluding carboxylic acids is 1. The molecular formula is C17H18N2OS. The highest BCUT2D eigenvalue weighted by atomic mass is 32.1. The molecule has 1 unspecified atom stereocenters. The van der Waals surface area contributed by atoms with Crippen LogP contribution < -0.4 is 5.32 Å². The van der Waals surface area contributed by atoms with Gasteiger partial charge in [-0.15, -0.1) is 0 Å². The standard InChI is InChI=1S/C17H18N2OS/c1-13-10-21-11-15(13)16(20)19-17(2,12-18)9-8-14-6-4-3-5-7-14/h3-7,10-11H,8-9H2,1-2H3,(H,19,20). The molecule has 1 heterocycles. The molecule has 0 fully saturated rings. The zero-order valence-electron chi connectivity index (χ0n) is 12.2. The lowest BCUT2D eigenvalue weighted by atomic mass is 9.94. The molecule has 1 amide bonds. The van der Waals surface area contributed by atoms with E-state index in [0.717, 1.165) is 12.0 Å². The molecule has 2 rings (SSSR count). The fraction of sp³-hybridized carbons (Fsp3) is 0.294. The second kappa shape index (κ2) is 6.55. The first-order valence-electron chi connectivity index (χ1n) is 6.84. The van der Waals surface area contributed by atoms with Gasteiger partial charge >= 0.3 is 0 Å². The lowest BCUT2D eigenvalue weighted by Gasteiger charge is -2.23. The molecule has 1 aromatic carbocycles. The molecule has 0 aliphatic rings. The quantitative estimate of drug-likeness (QED) is 0.915. The number of benzene rings is 1. The Kier molecular flexibility index (Phi) is 4.77. The van der Waals surface area contributed by atoms with Crippen molar-refractivity contribution in [2.45, 2.75) is 32.2 Å². The summed E-state index contributed by atoms with van der Waals surface area (Å²) in [5.74, 6) is -0.175. The maximum absolute atomic E-state index is 12.3. The monoisotopic (exact) mass is 298 g/mol. The molecule has 1 N–H and O–H groups in total. The highest BCUT2D eigenvalue weighted by Gasteiger charge is 2.27. The number of thiophene rings is 1. The number of rotatable bonds is 5. The minimum absolute atomic E-state index is 0.175. The van der Waals surface area contributed by atoms with Crippen LogP contribution in [-0.4, -0.2) is 11.4 Å². The van der Waals surface area contributed by atoms with Gasteiger partial charge < -0.3 is 5.32 Å². The number of aryl methyl sites for hydroxylation is 2. The minimum atomic E-state index is -0.860. The number of carbonyl (C=O) groups is 1. The molecule has 0 aliphatic carbocycles. The van der Waals surface area contributed by atoms with Crippen LogP contribution in [0.1, 0.15) is 34.8 Å². The van der Waals surface area contributed by atoms with E-state index in [-0.39, 0.29) is 5.91 Å². The van der Waals surface area contributed by atoms with Crippen molar-refractivity contribution < 1.29 is 4.79 Å². The van der Waals surface area contributed by atoms with Gasteiger partial charge in [0.1, 0.15) is 5.54 Å². The number of hydrogen-bond acceptors (Lipinski definition) is 3. The molecule has 0 radical (unpaired) electrons. The highest BCUT2D eigenvalue weighted by molar-refractivity contribution is 7.08. The zero-order chi connectivity index (χ0) is 15.3. The molecule has 0 aliphatic heterocycles. The predicted octanol–water partition coefficient (Wildman–Crippen LogP) is 3.70. The van der Waals surface area contributed by atoms with Gasteiger partial charge in [0.25, 0.3) is 5.91 Å². The average molecular weight is 298 g/mol. The molecule has 3 nitrogen and oxygen atoms in total. The van der Waals surface area contributed by atoms with Gasteiger partial charge in [0.15, 0.2) is 0 Å². The summed E-state index contributed by atoms with van der Waals surface area (Å²) in [6.45, 7) is 3.68. The number of nitriles is 1. The van der Waals surface area contributed by atoms with E-state index in [1.54, 1.807) is 6.92 Å². The third-order valence-corrected chi connectivity index (χ3v) is 4.35. The van der Waals surface area contributed by atoms with Crippen molar-refractivity contribution in [3.8, 4) is 6.07 Å². The summed E-state index contributed by atoms with van der Waals surface area (Å²) in [5.41, 5.74) is 1.91. The van der Waals surface area contributed by atoms with Crippen LogP contribution in [0.4, 0.5) is 0 Å². The van der Waals surface area contributed by atoms with Gasteiger partial charge in [-0.25, -0.2) is 0 Å². The van der Waals surface area contributed by atoms with Crippen LogP contribution in [0.5, 0.6) is 0 Å². The molecule has 4 heteroatoms. The van der Waals surface area contributed by atoms with Crippen LogP contribution in [0.3, 0.4) is 0 Å². The lowest BCUT2D eigenvalue weighted by molar-refractivity contribution is 0.0921.